The molecule has 1 N–H and O–H groups in total. The summed E-state index contributed by atoms with van der Waals surface area (Å²) in [4.78, 5) is 0. The van der Waals surface area contributed by atoms with Crippen molar-refractivity contribution in [2.24, 2.45) is 0 Å². The first-order valence-electron chi connectivity index (χ1n) is 4.68. The predicted octanol–water partition coefficient (Wildman–Crippen LogP) is 2.39. The minimum Gasteiger partial charge on any atom is -0.319 e. The van der Waals surface area contributed by atoms with Crippen molar-refractivity contribution in [2.75, 3.05) is 13.6 Å². The van der Waals surface area contributed by atoms with E-state index in [2.05, 4.69) is 36.2 Å². The van der Waals surface area contributed by atoms with Crippen LogP contribution in [0.25, 0.3) is 0 Å². The van der Waals surface area contributed by atoms with Gasteiger partial charge in [0.05, 0.1) is 0 Å². The molecule has 1 aromatic rings. The summed E-state index contributed by atoms with van der Waals surface area (Å²) in [7, 11) is 1.97. The lowest BCUT2D eigenvalue weighted by Crippen LogP contribution is -2.08. The van der Waals surface area contributed by atoms with E-state index in [1.807, 2.05) is 13.1 Å². The van der Waals surface area contributed by atoms with Crippen molar-refractivity contribution in [2.45, 2.75) is 12.8 Å². The molecule has 0 unspecified atom stereocenters. The minimum absolute atomic E-state index is 1.00. The zero-order valence-corrected chi connectivity index (χ0v) is 8.22. The summed E-state index contributed by atoms with van der Waals surface area (Å²) in [6.45, 7) is 5.07. The van der Waals surface area contributed by atoms with Crippen molar-refractivity contribution in [3.05, 3.63) is 48.0 Å². The lowest BCUT2D eigenvalue weighted by atomic mass is 10.0. The molecular formula is C12H17N. The maximum absolute atomic E-state index is 4.05. The molecule has 1 rings (SSSR count). The van der Waals surface area contributed by atoms with Crippen molar-refractivity contribution in [3.63, 3.8) is 0 Å². The second-order valence-corrected chi connectivity index (χ2v) is 3.27. The molecule has 1 aromatic carbocycles. The SMILES string of the molecule is C=C(CCNC)Cc1ccccc1. The van der Waals surface area contributed by atoms with Crippen LogP contribution in [0.15, 0.2) is 42.5 Å². The van der Waals surface area contributed by atoms with Gasteiger partial charge in [-0.2, -0.15) is 0 Å². The number of hydrogen-bond donors (Lipinski definition) is 1. The summed E-state index contributed by atoms with van der Waals surface area (Å²) in [5.41, 5.74) is 2.64. The number of hydrogen-bond acceptors (Lipinski definition) is 1. The molecule has 0 aliphatic heterocycles. The third-order valence-corrected chi connectivity index (χ3v) is 2.03. The van der Waals surface area contributed by atoms with E-state index in [0.717, 1.165) is 19.4 Å². The Balaban J connectivity index is 2.37. The second-order valence-electron chi connectivity index (χ2n) is 3.27. The van der Waals surface area contributed by atoms with Gasteiger partial charge in [0.2, 0.25) is 0 Å². The quantitative estimate of drug-likeness (QED) is 0.678. The predicted molar refractivity (Wildman–Crippen MR) is 57.8 cm³/mol. The fraction of sp³-hybridized carbons (Fsp3) is 0.333. The van der Waals surface area contributed by atoms with Gasteiger partial charge in [-0.3, -0.25) is 0 Å². The lowest BCUT2D eigenvalue weighted by molar-refractivity contribution is 0.774. The summed E-state index contributed by atoms with van der Waals surface area (Å²) in [6.07, 6.45) is 2.06. The minimum atomic E-state index is 1.00. The van der Waals surface area contributed by atoms with Gasteiger partial charge in [0.25, 0.3) is 0 Å². The van der Waals surface area contributed by atoms with E-state index in [1.54, 1.807) is 0 Å². The van der Waals surface area contributed by atoms with Crippen molar-refractivity contribution < 1.29 is 0 Å². The molecule has 0 atom stereocenters. The van der Waals surface area contributed by atoms with Crippen molar-refractivity contribution in [1.29, 1.82) is 0 Å². The molecule has 0 fully saturated rings. The maximum atomic E-state index is 4.05. The zero-order valence-electron chi connectivity index (χ0n) is 8.22. The molecule has 1 nitrogen and oxygen atoms in total. The molecule has 0 spiro atoms. The highest BCUT2D eigenvalue weighted by Crippen LogP contribution is 2.08. The van der Waals surface area contributed by atoms with Crippen LogP contribution in [0.4, 0.5) is 0 Å². The standard InChI is InChI=1S/C12H17N/c1-11(8-9-13-2)10-12-6-4-3-5-7-12/h3-7,13H,1,8-10H2,2H3. The van der Waals surface area contributed by atoms with Gasteiger partial charge in [-0.05, 0) is 32.0 Å². The first kappa shape index (κ1) is 10.0. The summed E-state index contributed by atoms with van der Waals surface area (Å²) < 4.78 is 0. The largest absolute Gasteiger partial charge is 0.319 e. The van der Waals surface area contributed by atoms with Crippen LogP contribution in [0.5, 0.6) is 0 Å². The van der Waals surface area contributed by atoms with Gasteiger partial charge in [0.15, 0.2) is 0 Å². The van der Waals surface area contributed by atoms with Crippen molar-refractivity contribution in [3.8, 4) is 0 Å². The van der Waals surface area contributed by atoms with Gasteiger partial charge in [0, 0.05) is 0 Å². The smallest absolute Gasteiger partial charge is 0.00146 e. The summed E-state index contributed by atoms with van der Waals surface area (Å²) in [6, 6.07) is 10.5. The van der Waals surface area contributed by atoms with E-state index < -0.39 is 0 Å². The van der Waals surface area contributed by atoms with Crippen LogP contribution in [0.1, 0.15) is 12.0 Å². The van der Waals surface area contributed by atoms with E-state index in [-0.39, 0.29) is 0 Å². The van der Waals surface area contributed by atoms with Gasteiger partial charge >= 0.3 is 0 Å². The van der Waals surface area contributed by atoms with Gasteiger partial charge in [-0.15, -0.1) is 0 Å². The van der Waals surface area contributed by atoms with Gasteiger partial charge < -0.3 is 5.32 Å². The average Bonchev–Trinajstić information content (AvgIpc) is 2.16. The number of benzene rings is 1. The Bertz CT molecular complexity index is 251. The van der Waals surface area contributed by atoms with Gasteiger partial charge in [0.1, 0.15) is 0 Å². The molecular weight excluding hydrogens is 158 g/mol. The molecule has 0 amide bonds. The van der Waals surface area contributed by atoms with E-state index in [9.17, 15) is 0 Å². The Morgan fingerprint density at radius 2 is 2.00 bits per heavy atom. The third-order valence-electron chi connectivity index (χ3n) is 2.03. The van der Waals surface area contributed by atoms with Crippen LogP contribution < -0.4 is 5.32 Å². The van der Waals surface area contributed by atoms with Crippen LogP contribution in [-0.2, 0) is 6.42 Å². The zero-order chi connectivity index (χ0) is 9.52. The van der Waals surface area contributed by atoms with E-state index in [0.29, 0.717) is 0 Å². The van der Waals surface area contributed by atoms with Crippen molar-refractivity contribution in [1.82, 2.24) is 5.32 Å². The molecule has 0 aliphatic rings. The Labute approximate surface area is 80.5 Å². The maximum Gasteiger partial charge on any atom is -0.00146 e. The molecule has 0 bridgehead atoms. The highest BCUT2D eigenvalue weighted by Gasteiger charge is 1.95. The van der Waals surface area contributed by atoms with Crippen LogP contribution in [-0.4, -0.2) is 13.6 Å². The Morgan fingerprint density at radius 1 is 1.31 bits per heavy atom. The highest BCUT2D eigenvalue weighted by molar-refractivity contribution is 5.20. The molecule has 0 saturated carbocycles. The molecule has 0 radical (unpaired) electrons. The van der Waals surface area contributed by atoms with Gasteiger partial charge in [-0.1, -0.05) is 42.5 Å². The number of rotatable bonds is 5. The molecule has 0 saturated heterocycles. The van der Waals surface area contributed by atoms with E-state index in [1.165, 1.54) is 11.1 Å². The molecule has 13 heavy (non-hydrogen) atoms. The highest BCUT2D eigenvalue weighted by atomic mass is 14.8. The normalized spacial score (nSPS) is 9.92. The van der Waals surface area contributed by atoms with Crippen LogP contribution >= 0.6 is 0 Å². The summed E-state index contributed by atoms with van der Waals surface area (Å²) in [5, 5.41) is 3.12. The van der Waals surface area contributed by atoms with Gasteiger partial charge in [-0.25, -0.2) is 0 Å². The molecule has 1 heteroatoms. The van der Waals surface area contributed by atoms with Crippen LogP contribution in [0, 0.1) is 0 Å². The lowest BCUT2D eigenvalue weighted by Gasteiger charge is -2.04. The van der Waals surface area contributed by atoms with Crippen LogP contribution in [0.3, 0.4) is 0 Å². The van der Waals surface area contributed by atoms with E-state index >= 15 is 0 Å². The fourth-order valence-corrected chi connectivity index (χ4v) is 1.27. The number of nitrogens with one attached hydrogen (secondary N) is 1. The average molecular weight is 175 g/mol. The first-order chi connectivity index (χ1) is 6.33. The van der Waals surface area contributed by atoms with Crippen molar-refractivity contribution >= 4 is 0 Å². The topological polar surface area (TPSA) is 12.0 Å². The van der Waals surface area contributed by atoms with Crippen LogP contribution in [0.2, 0.25) is 0 Å². The summed E-state index contributed by atoms with van der Waals surface area (Å²) >= 11 is 0. The summed E-state index contributed by atoms with van der Waals surface area (Å²) in [5.74, 6) is 0. The second kappa shape index (κ2) is 5.55. The first-order valence-corrected chi connectivity index (χ1v) is 4.68. The monoisotopic (exact) mass is 175 g/mol. The Kier molecular flexibility index (Phi) is 4.27. The molecule has 70 valence electrons. The molecule has 0 aliphatic carbocycles. The van der Waals surface area contributed by atoms with E-state index in [4.69, 9.17) is 0 Å². The Morgan fingerprint density at radius 3 is 2.62 bits per heavy atom. The Hall–Kier alpha value is -1.08. The molecule has 0 aromatic heterocycles. The third kappa shape index (κ3) is 3.90. The fourth-order valence-electron chi connectivity index (χ4n) is 1.27. The molecule has 0 heterocycles.